The number of carbonyl (C=O) groups is 1. The van der Waals surface area contributed by atoms with Crippen molar-refractivity contribution in [1.29, 1.82) is 0 Å². The lowest BCUT2D eigenvalue weighted by atomic mass is 9.87. The van der Waals surface area contributed by atoms with Crippen molar-refractivity contribution in [3.63, 3.8) is 0 Å². The quantitative estimate of drug-likeness (QED) is 0.730. The summed E-state index contributed by atoms with van der Waals surface area (Å²) in [6, 6.07) is 12.1. The van der Waals surface area contributed by atoms with Gasteiger partial charge in [-0.1, -0.05) is 17.7 Å². The van der Waals surface area contributed by atoms with Crippen molar-refractivity contribution < 1.29 is 17.9 Å². The number of fused-ring (bicyclic) bond motifs is 1. The van der Waals surface area contributed by atoms with Crippen LogP contribution in [0, 0.1) is 5.92 Å². The van der Waals surface area contributed by atoms with E-state index in [4.69, 9.17) is 16.3 Å². The van der Waals surface area contributed by atoms with Crippen molar-refractivity contribution in [1.82, 2.24) is 9.62 Å². The maximum absolute atomic E-state index is 13.1. The van der Waals surface area contributed by atoms with Crippen molar-refractivity contribution in [3.8, 4) is 5.75 Å². The number of sulfonamides is 1. The van der Waals surface area contributed by atoms with Gasteiger partial charge in [0.1, 0.15) is 5.75 Å². The third-order valence-corrected chi connectivity index (χ3v) is 8.32. The number of methoxy groups -OCH3 is 1. The SMILES string of the molecule is COc1ccc2c(c1)CCC[C@@H]2NC(=O)[C@H]1CCCN(S(=O)(=O)c2ccc(Cl)cc2)C1. The molecule has 166 valence electrons. The molecule has 2 aromatic rings. The first-order valence-corrected chi connectivity index (χ1v) is 12.4. The van der Waals surface area contributed by atoms with Gasteiger partial charge in [0.05, 0.1) is 24.0 Å². The summed E-state index contributed by atoms with van der Waals surface area (Å²) in [5.41, 5.74) is 2.33. The van der Waals surface area contributed by atoms with E-state index < -0.39 is 10.0 Å². The Morgan fingerprint density at radius 1 is 1.13 bits per heavy atom. The average molecular weight is 463 g/mol. The highest BCUT2D eigenvalue weighted by molar-refractivity contribution is 7.89. The fraction of sp³-hybridized carbons (Fsp3) is 0.435. The van der Waals surface area contributed by atoms with Crippen LogP contribution in [-0.4, -0.2) is 38.8 Å². The van der Waals surface area contributed by atoms with Gasteiger partial charge in [0, 0.05) is 18.1 Å². The summed E-state index contributed by atoms with van der Waals surface area (Å²) in [5.74, 6) is 0.380. The van der Waals surface area contributed by atoms with Crippen LogP contribution >= 0.6 is 11.6 Å². The van der Waals surface area contributed by atoms with Crippen LogP contribution in [0.5, 0.6) is 5.75 Å². The molecule has 1 aliphatic carbocycles. The van der Waals surface area contributed by atoms with Gasteiger partial charge < -0.3 is 10.1 Å². The molecule has 0 bridgehead atoms. The standard InChI is InChI=1S/C23H27ClN2O4S/c1-30-19-9-12-21-16(14-19)4-2-6-22(21)25-23(27)17-5-3-13-26(15-17)31(28,29)20-10-7-18(24)8-11-20/h7-12,14,17,22H,2-6,13,15H2,1H3,(H,25,27)/t17-,22-/m0/s1. The zero-order valence-electron chi connectivity index (χ0n) is 17.5. The number of hydrogen-bond donors (Lipinski definition) is 1. The summed E-state index contributed by atoms with van der Waals surface area (Å²) in [6.07, 6.45) is 4.18. The Hall–Kier alpha value is -2.09. The number of halogens is 1. The van der Waals surface area contributed by atoms with E-state index in [0.717, 1.165) is 30.6 Å². The molecule has 0 unspecified atom stereocenters. The highest BCUT2D eigenvalue weighted by Gasteiger charge is 2.34. The van der Waals surface area contributed by atoms with Gasteiger partial charge in [0.15, 0.2) is 0 Å². The maximum atomic E-state index is 13.1. The second-order valence-corrected chi connectivity index (χ2v) is 10.5. The number of benzene rings is 2. The number of rotatable bonds is 5. The van der Waals surface area contributed by atoms with Crippen LogP contribution in [0.1, 0.15) is 42.9 Å². The maximum Gasteiger partial charge on any atom is 0.243 e. The first kappa shape index (κ1) is 22.1. The molecule has 4 rings (SSSR count). The Balaban J connectivity index is 1.46. The summed E-state index contributed by atoms with van der Waals surface area (Å²) in [6.45, 7) is 0.611. The lowest BCUT2D eigenvalue weighted by Crippen LogP contribution is -2.46. The molecule has 2 aromatic carbocycles. The number of nitrogens with zero attached hydrogens (tertiary/aromatic N) is 1. The molecule has 1 fully saturated rings. The highest BCUT2D eigenvalue weighted by atomic mass is 35.5. The second kappa shape index (κ2) is 9.18. The Bertz CT molecular complexity index is 1060. The van der Waals surface area contributed by atoms with Gasteiger partial charge in [-0.3, -0.25) is 4.79 Å². The van der Waals surface area contributed by atoms with Crippen LogP contribution in [0.3, 0.4) is 0 Å². The average Bonchev–Trinajstić information content (AvgIpc) is 2.79. The largest absolute Gasteiger partial charge is 0.497 e. The predicted octanol–water partition coefficient (Wildman–Crippen LogP) is 3.94. The molecule has 1 N–H and O–H groups in total. The summed E-state index contributed by atoms with van der Waals surface area (Å²) in [7, 11) is -2.00. The van der Waals surface area contributed by atoms with Crippen molar-refractivity contribution in [3.05, 3.63) is 58.6 Å². The Kier molecular flexibility index (Phi) is 6.55. The Labute approximate surface area is 188 Å². The number of hydrogen-bond acceptors (Lipinski definition) is 4. The van der Waals surface area contributed by atoms with Crippen LogP contribution in [0.25, 0.3) is 0 Å². The van der Waals surface area contributed by atoms with E-state index in [1.54, 1.807) is 19.2 Å². The summed E-state index contributed by atoms with van der Waals surface area (Å²) in [5, 5.41) is 3.67. The van der Waals surface area contributed by atoms with Crippen LogP contribution in [0.15, 0.2) is 47.4 Å². The minimum atomic E-state index is -3.65. The van der Waals surface area contributed by atoms with Gasteiger partial charge in [-0.15, -0.1) is 0 Å². The predicted molar refractivity (Wildman–Crippen MR) is 120 cm³/mol. The van der Waals surface area contributed by atoms with Crippen molar-refractivity contribution in [2.75, 3.05) is 20.2 Å². The number of aryl methyl sites for hydroxylation is 1. The number of ether oxygens (including phenoxy) is 1. The molecular weight excluding hydrogens is 436 g/mol. The molecule has 0 aromatic heterocycles. The molecule has 0 radical (unpaired) electrons. The van der Waals surface area contributed by atoms with E-state index in [2.05, 4.69) is 5.32 Å². The number of nitrogens with one attached hydrogen (secondary N) is 1. The zero-order chi connectivity index (χ0) is 22.0. The summed E-state index contributed by atoms with van der Waals surface area (Å²) < 4.78 is 32.8. The molecular formula is C23H27ClN2O4S. The topological polar surface area (TPSA) is 75.7 Å². The van der Waals surface area contributed by atoms with Gasteiger partial charge in [-0.2, -0.15) is 4.31 Å². The van der Waals surface area contributed by atoms with Gasteiger partial charge in [0.25, 0.3) is 0 Å². The molecule has 31 heavy (non-hydrogen) atoms. The normalized spacial score (nSPS) is 21.9. The van der Waals surface area contributed by atoms with Crippen molar-refractivity contribution in [2.45, 2.75) is 43.0 Å². The van der Waals surface area contributed by atoms with E-state index in [1.165, 1.54) is 22.0 Å². The van der Waals surface area contributed by atoms with Crippen LogP contribution in [0.2, 0.25) is 5.02 Å². The molecule has 1 aliphatic heterocycles. The fourth-order valence-corrected chi connectivity index (χ4v) is 6.14. The summed E-state index contributed by atoms with van der Waals surface area (Å²) >= 11 is 5.89. The van der Waals surface area contributed by atoms with Gasteiger partial charge >= 0.3 is 0 Å². The molecule has 2 atom stereocenters. The van der Waals surface area contributed by atoms with Gasteiger partial charge in [-0.05, 0) is 79.6 Å². The van der Waals surface area contributed by atoms with E-state index in [1.807, 2.05) is 18.2 Å². The minimum Gasteiger partial charge on any atom is -0.497 e. The van der Waals surface area contributed by atoms with Crippen molar-refractivity contribution in [2.24, 2.45) is 5.92 Å². The molecule has 2 aliphatic rings. The minimum absolute atomic E-state index is 0.0506. The molecule has 1 saturated heterocycles. The monoisotopic (exact) mass is 462 g/mol. The number of amides is 1. The summed E-state index contributed by atoms with van der Waals surface area (Å²) in [4.78, 5) is 13.3. The molecule has 1 amide bonds. The van der Waals surface area contributed by atoms with E-state index in [0.29, 0.717) is 24.4 Å². The van der Waals surface area contributed by atoms with Crippen molar-refractivity contribution >= 4 is 27.5 Å². The van der Waals surface area contributed by atoms with E-state index in [9.17, 15) is 13.2 Å². The second-order valence-electron chi connectivity index (χ2n) is 8.17. The van der Waals surface area contributed by atoms with Gasteiger partial charge in [-0.25, -0.2) is 8.42 Å². The third kappa shape index (κ3) is 4.73. The molecule has 0 saturated carbocycles. The first-order valence-electron chi connectivity index (χ1n) is 10.6. The first-order chi connectivity index (χ1) is 14.9. The lowest BCUT2D eigenvalue weighted by Gasteiger charge is -2.33. The molecule has 6 nitrogen and oxygen atoms in total. The molecule has 0 spiro atoms. The molecule has 8 heteroatoms. The van der Waals surface area contributed by atoms with E-state index in [-0.39, 0.29) is 29.3 Å². The highest BCUT2D eigenvalue weighted by Crippen LogP contribution is 2.33. The fourth-order valence-electron chi connectivity index (χ4n) is 4.49. The van der Waals surface area contributed by atoms with E-state index >= 15 is 0 Å². The lowest BCUT2D eigenvalue weighted by molar-refractivity contribution is -0.127. The Morgan fingerprint density at radius 2 is 1.90 bits per heavy atom. The van der Waals surface area contributed by atoms with Crippen LogP contribution < -0.4 is 10.1 Å². The number of carbonyl (C=O) groups excluding carboxylic acids is 1. The number of piperidine rings is 1. The van der Waals surface area contributed by atoms with Crippen LogP contribution in [-0.2, 0) is 21.2 Å². The Morgan fingerprint density at radius 3 is 2.65 bits per heavy atom. The van der Waals surface area contributed by atoms with Gasteiger partial charge in [0.2, 0.25) is 15.9 Å². The third-order valence-electron chi connectivity index (χ3n) is 6.19. The van der Waals surface area contributed by atoms with Crippen LogP contribution in [0.4, 0.5) is 0 Å². The smallest absolute Gasteiger partial charge is 0.243 e. The zero-order valence-corrected chi connectivity index (χ0v) is 19.1. The molecule has 1 heterocycles.